The fraction of sp³-hybridized carbons (Fsp3) is 0.619. The van der Waals surface area contributed by atoms with E-state index in [9.17, 15) is 0 Å². The van der Waals surface area contributed by atoms with E-state index in [4.69, 9.17) is 9.47 Å². The third-order valence-corrected chi connectivity index (χ3v) is 5.57. The van der Waals surface area contributed by atoms with Crippen LogP contribution in [0.1, 0.15) is 30.6 Å². The average Bonchev–Trinajstić information content (AvgIpc) is 3.19. The Bertz CT molecular complexity index is 882. The van der Waals surface area contributed by atoms with Gasteiger partial charge in [0, 0.05) is 52.5 Å². The highest BCUT2D eigenvalue weighted by Crippen LogP contribution is 2.16. The van der Waals surface area contributed by atoms with Crippen molar-refractivity contribution in [3.8, 4) is 0 Å². The van der Waals surface area contributed by atoms with Crippen molar-refractivity contribution in [3.05, 3.63) is 35.5 Å². The Labute approximate surface area is 183 Å². The van der Waals surface area contributed by atoms with Gasteiger partial charge in [-0.2, -0.15) is 5.10 Å². The lowest BCUT2D eigenvalue weighted by Gasteiger charge is -2.32. The molecule has 0 spiro atoms. The van der Waals surface area contributed by atoms with E-state index < -0.39 is 0 Å². The second kappa shape index (κ2) is 10.1. The first-order valence-electron chi connectivity index (χ1n) is 10.8. The number of hydrogen-bond acceptors (Lipinski definition) is 7. The maximum atomic E-state index is 5.61. The predicted molar refractivity (Wildman–Crippen MR) is 118 cm³/mol. The summed E-state index contributed by atoms with van der Waals surface area (Å²) in [7, 11) is 3.45. The summed E-state index contributed by atoms with van der Waals surface area (Å²) >= 11 is 0. The van der Waals surface area contributed by atoms with Crippen molar-refractivity contribution in [1.82, 2.24) is 30.4 Å². The molecule has 168 valence electrons. The number of guanidine groups is 1. The number of aryl methyl sites for hydroxylation is 1. The predicted octanol–water partition coefficient (Wildman–Crippen LogP) is 0.725. The summed E-state index contributed by atoms with van der Waals surface area (Å²) in [6.45, 7) is 6.47. The lowest BCUT2D eigenvalue weighted by molar-refractivity contribution is 0.0529. The highest BCUT2D eigenvalue weighted by molar-refractivity contribution is 5.79. The highest BCUT2D eigenvalue weighted by atomic mass is 16.5. The van der Waals surface area contributed by atoms with E-state index in [-0.39, 0.29) is 12.1 Å². The number of nitrogens with zero attached hydrogens (tertiary/aromatic N) is 6. The molecule has 0 aliphatic carbocycles. The smallest absolute Gasteiger partial charge is 0.191 e. The van der Waals surface area contributed by atoms with Crippen molar-refractivity contribution in [3.63, 3.8) is 0 Å². The number of hydrogen-bond donors (Lipinski definition) is 2. The van der Waals surface area contributed by atoms with Gasteiger partial charge in [0.05, 0.1) is 19.3 Å². The van der Waals surface area contributed by atoms with Gasteiger partial charge in [0.1, 0.15) is 18.2 Å². The summed E-state index contributed by atoms with van der Waals surface area (Å²) in [5, 5.41) is 11.4. The quantitative estimate of drug-likeness (QED) is 0.513. The molecule has 1 fully saturated rings. The molecule has 10 nitrogen and oxygen atoms in total. The Hall–Kier alpha value is -2.72. The molecule has 0 radical (unpaired) electrons. The number of ether oxygens (including phenoxy) is 2. The summed E-state index contributed by atoms with van der Waals surface area (Å²) < 4.78 is 12.7. The van der Waals surface area contributed by atoms with Gasteiger partial charge < -0.3 is 25.0 Å². The van der Waals surface area contributed by atoms with E-state index in [1.165, 1.54) is 0 Å². The number of aromatic nitrogens is 4. The van der Waals surface area contributed by atoms with Gasteiger partial charge in [-0.15, -0.1) is 0 Å². The molecule has 2 N–H and O–H groups in total. The molecule has 2 aromatic heterocycles. The third-order valence-electron chi connectivity index (χ3n) is 5.57. The van der Waals surface area contributed by atoms with Crippen LogP contribution in [-0.2, 0) is 35.6 Å². The van der Waals surface area contributed by atoms with Gasteiger partial charge in [-0.05, 0) is 25.0 Å². The topological polar surface area (TPSA) is 102 Å². The fourth-order valence-corrected chi connectivity index (χ4v) is 3.98. The van der Waals surface area contributed by atoms with E-state index in [1.54, 1.807) is 14.2 Å². The van der Waals surface area contributed by atoms with Gasteiger partial charge in [-0.3, -0.25) is 4.99 Å². The molecular weight excluding hydrogens is 396 g/mol. The highest BCUT2D eigenvalue weighted by Gasteiger charge is 2.22. The molecule has 0 saturated carbocycles. The Morgan fingerprint density at radius 2 is 2.26 bits per heavy atom. The number of fused-ring (bicyclic) bond motifs is 1. The van der Waals surface area contributed by atoms with Crippen molar-refractivity contribution in [2.24, 2.45) is 4.99 Å². The molecule has 2 unspecified atom stereocenters. The second-order valence-corrected chi connectivity index (χ2v) is 8.02. The van der Waals surface area contributed by atoms with Crippen LogP contribution in [-0.4, -0.2) is 71.7 Å². The number of nitrogens with one attached hydrogen (secondary N) is 2. The van der Waals surface area contributed by atoms with Gasteiger partial charge in [-0.1, -0.05) is 6.07 Å². The maximum absolute atomic E-state index is 5.61. The zero-order chi connectivity index (χ0) is 21.6. The monoisotopic (exact) mass is 428 g/mol. The minimum Gasteiger partial charge on any atom is -0.377 e. The van der Waals surface area contributed by atoms with Crippen LogP contribution in [0.15, 0.2) is 23.3 Å². The number of pyridine rings is 1. The van der Waals surface area contributed by atoms with E-state index in [0.29, 0.717) is 13.2 Å². The molecule has 0 bridgehead atoms. The molecule has 4 heterocycles. The van der Waals surface area contributed by atoms with Crippen molar-refractivity contribution >= 4 is 11.8 Å². The minimum absolute atomic E-state index is 0.242. The molecule has 1 saturated heterocycles. The molecule has 4 rings (SSSR count). The molecule has 2 atom stereocenters. The van der Waals surface area contributed by atoms with E-state index in [2.05, 4.69) is 54.6 Å². The Kier molecular flexibility index (Phi) is 6.98. The Balaban J connectivity index is 1.27. The first-order valence-corrected chi connectivity index (χ1v) is 10.8. The lowest BCUT2D eigenvalue weighted by Crippen LogP contribution is -2.46. The summed E-state index contributed by atoms with van der Waals surface area (Å²) in [6, 6.07) is 4.44. The summed E-state index contributed by atoms with van der Waals surface area (Å²) in [6.07, 6.45) is 4.04. The van der Waals surface area contributed by atoms with Crippen molar-refractivity contribution in [2.45, 2.75) is 51.6 Å². The number of anilines is 1. The SMILES string of the molecule is CN=C(NCc1ccc(N2CCOC(C)C2)nc1)NC1CCc2nc(COC)nn2C1. The first kappa shape index (κ1) is 21.5. The second-order valence-electron chi connectivity index (χ2n) is 8.02. The van der Waals surface area contributed by atoms with Gasteiger partial charge in [-0.25, -0.2) is 14.6 Å². The average molecular weight is 429 g/mol. The Morgan fingerprint density at radius 1 is 1.35 bits per heavy atom. The van der Waals surface area contributed by atoms with Crippen LogP contribution in [0, 0.1) is 0 Å². The van der Waals surface area contributed by atoms with Crippen LogP contribution in [0.5, 0.6) is 0 Å². The van der Waals surface area contributed by atoms with Gasteiger partial charge in [0.25, 0.3) is 0 Å². The van der Waals surface area contributed by atoms with Crippen LogP contribution in [0.4, 0.5) is 5.82 Å². The van der Waals surface area contributed by atoms with Crippen LogP contribution in [0.3, 0.4) is 0 Å². The van der Waals surface area contributed by atoms with Crippen molar-refractivity contribution in [1.29, 1.82) is 0 Å². The number of morpholine rings is 1. The standard InChI is InChI=1S/C21H32N8O2/c1-15-12-28(8-9-31-15)19-6-4-16(10-23-19)11-24-21(22-2)25-17-5-7-20-26-18(14-30-3)27-29(20)13-17/h4,6,10,15,17H,5,7-9,11-14H2,1-3H3,(H2,22,24,25). The summed E-state index contributed by atoms with van der Waals surface area (Å²) in [5.74, 6) is 3.54. The van der Waals surface area contributed by atoms with Gasteiger partial charge >= 0.3 is 0 Å². The molecule has 31 heavy (non-hydrogen) atoms. The zero-order valence-corrected chi connectivity index (χ0v) is 18.5. The minimum atomic E-state index is 0.242. The fourth-order valence-electron chi connectivity index (χ4n) is 3.98. The summed E-state index contributed by atoms with van der Waals surface area (Å²) in [4.78, 5) is 15.8. The molecule has 10 heteroatoms. The van der Waals surface area contributed by atoms with E-state index in [1.807, 2.05) is 10.9 Å². The molecule has 2 aliphatic rings. The largest absolute Gasteiger partial charge is 0.377 e. The molecule has 2 aliphatic heterocycles. The number of rotatable bonds is 6. The van der Waals surface area contributed by atoms with Crippen LogP contribution < -0.4 is 15.5 Å². The zero-order valence-electron chi connectivity index (χ0n) is 18.5. The van der Waals surface area contributed by atoms with Gasteiger partial charge in [0.2, 0.25) is 0 Å². The van der Waals surface area contributed by atoms with E-state index >= 15 is 0 Å². The van der Waals surface area contributed by atoms with Gasteiger partial charge in [0.15, 0.2) is 11.8 Å². The maximum Gasteiger partial charge on any atom is 0.191 e. The van der Waals surface area contributed by atoms with Crippen molar-refractivity contribution in [2.75, 3.05) is 38.8 Å². The molecule has 2 aromatic rings. The third kappa shape index (κ3) is 5.50. The Morgan fingerprint density at radius 3 is 3.00 bits per heavy atom. The molecular formula is C21H32N8O2. The normalized spacial score (nSPS) is 21.6. The van der Waals surface area contributed by atoms with Crippen molar-refractivity contribution < 1.29 is 9.47 Å². The lowest BCUT2D eigenvalue weighted by atomic mass is 10.1. The first-order chi connectivity index (χ1) is 15.1. The van der Waals surface area contributed by atoms with Crippen LogP contribution in [0.25, 0.3) is 0 Å². The molecule has 0 amide bonds. The molecule has 0 aromatic carbocycles. The number of aliphatic imine (C=N–C) groups is 1. The van der Waals surface area contributed by atoms with E-state index in [0.717, 1.165) is 68.1 Å². The van der Waals surface area contributed by atoms with Crippen LogP contribution >= 0.6 is 0 Å². The van der Waals surface area contributed by atoms with Crippen LogP contribution in [0.2, 0.25) is 0 Å². The summed E-state index contributed by atoms with van der Waals surface area (Å²) in [5.41, 5.74) is 1.11. The number of methoxy groups -OCH3 is 1.